The van der Waals surface area contributed by atoms with E-state index in [1.54, 1.807) is 11.8 Å². The summed E-state index contributed by atoms with van der Waals surface area (Å²) in [6.45, 7) is 5.83. The van der Waals surface area contributed by atoms with Crippen LogP contribution in [0.5, 0.6) is 0 Å². The number of aromatic nitrogens is 1. The number of likely N-dealkylation sites (tertiary alicyclic amines) is 1. The Balaban J connectivity index is 1.40. The third-order valence-electron chi connectivity index (χ3n) is 5.71. The maximum Gasteiger partial charge on any atom is 0.253 e. The lowest BCUT2D eigenvalue weighted by molar-refractivity contribution is 0.0792. The molecule has 0 spiro atoms. The van der Waals surface area contributed by atoms with Gasteiger partial charge in [-0.2, -0.15) is 0 Å². The lowest BCUT2D eigenvalue weighted by Crippen LogP contribution is -2.28. The van der Waals surface area contributed by atoms with Crippen LogP contribution in [0.15, 0.2) is 57.9 Å². The predicted molar refractivity (Wildman–Crippen MR) is 125 cm³/mol. The molecule has 1 saturated heterocycles. The summed E-state index contributed by atoms with van der Waals surface area (Å²) in [7, 11) is 0. The van der Waals surface area contributed by atoms with Crippen LogP contribution in [-0.4, -0.2) is 35.0 Å². The van der Waals surface area contributed by atoms with Crippen LogP contribution in [0.3, 0.4) is 0 Å². The van der Waals surface area contributed by atoms with Gasteiger partial charge in [0.25, 0.3) is 11.8 Å². The lowest BCUT2D eigenvalue weighted by Gasteiger charge is -2.16. The van der Waals surface area contributed by atoms with Crippen LogP contribution in [0.1, 0.15) is 56.1 Å². The Morgan fingerprint density at radius 2 is 1.88 bits per heavy atom. The first-order valence-electron chi connectivity index (χ1n) is 10.8. The van der Waals surface area contributed by atoms with Crippen LogP contribution in [0.2, 0.25) is 0 Å². The van der Waals surface area contributed by atoms with Crippen molar-refractivity contribution in [2.45, 2.75) is 43.9 Å². The van der Waals surface area contributed by atoms with Crippen LogP contribution in [0.4, 0.5) is 0 Å². The second-order valence-corrected chi connectivity index (χ2v) is 8.99. The van der Waals surface area contributed by atoms with Gasteiger partial charge in [0.05, 0.1) is 11.3 Å². The highest BCUT2D eigenvalue weighted by atomic mass is 32.2. The summed E-state index contributed by atoms with van der Waals surface area (Å²) in [5, 5.41) is 7.00. The maximum atomic E-state index is 12.9. The highest BCUT2D eigenvalue weighted by Crippen LogP contribution is 2.29. The highest BCUT2D eigenvalue weighted by molar-refractivity contribution is 7.98. The molecule has 0 atom stereocenters. The number of aryl methyl sites for hydroxylation is 2. The normalized spacial score (nSPS) is 13.4. The fourth-order valence-electron chi connectivity index (χ4n) is 3.83. The van der Waals surface area contributed by atoms with Crippen LogP contribution in [-0.2, 0) is 12.3 Å². The quantitative estimate of drug-likeness (QED) is 0.527. The van der Waals surface area contributed by atoms with Gasteiger partial charge in [-0.3, -0.25) is 9.59 Å². The second kappa shape index (κ2) is 10.0. The van der Waals surface area contributed by atoms with Crippen molar-refractivity contribution in [3.8, 4) is 0 Å². The Kier molecular flexibility index (Phi) is 6.95. The third kappa shape index (κ3) is 5.05. The molecule has 1 aliphatic heterocycles. The van der Waals surface area contributed by atoms with Crippen molar-refractivity contribution in [3.05, 3.63) is 82.2 Å². The molecule has 0 saturated carbocycles. The molecule has 0 bridgehead atoms. The lowest BCUT2D eigenvalue weighted by atomic mass is 10.1. The molecule has 4 rings (SSSR count). The van der Waals surface area contributed by atoms with Gasteiger partial charge >= 0.3 is 0 Å². The fourth-order valence-corrected chi connectivity index (χ4v) is 5.04. The van der Waals surface area contributed by atoms with Gasteiger partial charge in [0, 0.05) is 41.4 Å². The monoisotopic (exact) mass is 449 g/mol. The van der Waals surface area contributed by atoms with Crippen molar-refractivity contribution < 1.29 is 14.1 Å². The Labute approximate surface area is 192 Å². The predicted octanol–water partition coefficient (Wildman–Crippen LogP) is 4.75. The van der Waals surface area contributed by atoms with Crippen molar-refractivity contribution in [3.63, 3.8) is 0 Å². The van der Waals surface area contributed by atoms with E-state index in [1.165, 1.54) is 0 Å². The van der Waals surface area contributed by atoms with Crippen LogP contribution >= 0.6 is 11.8 Å². The van der Waals surface area contributed by atoms with Gasteiger partial charge in [0.1, 0.15) is 5.76 Å². The Morgan fingerprint density at radius 1 is 1.09 bits per heavy atom. The first-order chi connectivity index (χ1) is 15.5. The number of thioether (sulfide) groups is 1. The molecule has 3 aromatic rings. The van der Waals surface area contributed by atoms with Gasteiger partial charge in [-0.25, -0.2) is 0 Å². The largest absolute Gasteiger partial charge is 0.361 e. The summed E-state index contributed by atoms with van der Waals surface area (Å²) in [4.78, 5) is 28.4. The number of nitrogens with one attached hydrogen (secondary N) is 1. The number of benzene rings is 2. The number of amides is 2. The average Bonchev–Trinajstić information content (AvgIpc) is 3.46. The van der Waals surface area contributed by atoms with Gasteiger partial charge in [-0.05, 0) is 56.5 Å². The van der Waals surface area contributed by atoms with E-state index in [0.29, 0.717) is 23.4 Å². The minimum Gasteiger partial charge on any atom is -0.361 e. The number of carbonyl (C=O) groups excluding carboxylic acids is 2. The number of hydrogen-bond acceptors (Lipinski definition) is 5. The molecule has 0 aliphatic carbocycles. The summed E-state index contributed by atoms with van der Waals surface area (Å²) < 4.78 is 5.24. The summed E-state index contributed by atoms with van der Waals surface area (Å²) >= 11 is 1.59. The van der Waals surface area contributed by atoms with Crippen LogP contribution < -0.4 is 5.32 Å². The molecule has 2 heterocycles. The molecular weight excluding hydrogens is 422 g/mol. The third-order valence-corrected chi connectivity index (χ3v) is 6.81. The zero-order valence-corrected chi connectivity index (χ0v) is 19.2. The maximum absolute atomic E-state index is 12.9. The first kappa shape index (κ1) is 22.1. The Hall–Kier alpha value is -3.06. The zero-order valence-electron chi connectivity index (χ0n) is 18.4. The number of nitrogens with zero attached hydrogens (tertiary/aromatic N) is 2. The summed E-state index contributed by atoms with van der Waals surface area (Å²) in [6, 6.07) is 15.1. The number of hydrogen-bond donors (Lipinski definition) is 1. The summed E-state index contributed by atoms with van der Waals surface area (Å²) in [5.74, 6) is 1.42. The van der Waals surface area contributed by atoms with E-state index >= 15 is 0 Å². The number of carbonyl (C=O) groups is 2. The number of rotatable bonds is 7. The van der Waals surface area contributed by atoms with Gasteiger partial charge in [0.15, 0.2) is 0 Å². The van der Waals surface area contributed by atoms with E-state index < -0.39 is 0 Å². The average molecular weight is 450 g/mol. The molecule has 0 unspecified atom stereocenters. The van der Waals surface area contributed by atoms with Gasteiger partial charge < -0.3 is 14.7 Å². The standard InChI is InChI=1S/C25H27N3O3S/c1-17-22(18(2)31-27-17)16-32-23-11-4-3-10-21(23)24(29)26-15-19-8-7-9-20(14-19)25(30)28-12-5-6-13-28/h3-4,7-11,14H,5-6,12-13,15-16H2,1-2H3,(H,26,29). The highest BCUT2D eigenvalue weighted by Gasteiger charge is 2.20. The van der Waals surface area contributed by atoms with E-state index in [-0.39, 0.29) is 11.8 Å². The van der Waals surface area contributed by atoms with Crippen molar-refractivity contribution in [2.24, 2.45) is 0 Å². The molecule has 1 N–H and O–H groups in total. The molecule has 1 fully saturated rings. The molecule has 7 heteroatoms. The van der Waals surface area contributed by atoms with E-state index in [2.05, 4.69) is 10.5 Å². The minimum absolute atomic E-state index is 0.0664. The molecule has 166 valence electrons. The second-order valence-electron chi connectivity index (χ2n) is 7.97. The smallest absolute Gasteiger partial charge is 0.253 e. The van der Waals surface area contributed by atoms with Crippen molar-refractivity contribution in [1.29, 1.82) is 0 Å². The molecule has 2 amide bonds. The molecule has 0 radical (unpaired) electrons. The van der Waals surface area contributed by atoms with E-state index in [0.717, 1.165) is 53.4 Å². The molecule has 2 aromatic carbocycles. The zero-order chi connectivity index (χ0) is 22.5. The van der Waals surface area contributed by atoms with Gasteiger partial charge in [0.2, 0.25) is 0 Å². The molecular formula is C25H27N3O3S. The molecule has 1 aliphatic rings. The molecule has 32 heavy (non-hydrogen) atoms. The summed E-state index contributed by atoms with van der Waals surface area (Å²) in [5.41, 5.74) is 4.15. The fraction of sp³-hybridized carbons (Fsp3) is 0.320. The van der Waals surface area contributed by atoms with E-state index in [1.807, 2.05) is 67.3 Å². The Morgan fingerprint density at radius 3 is 2.62 bits per heavy atom. The molecule has 6 nitrogen and oxygen atoms in total. The van der Waals surface area contributed by atoms with Gasteiger partial charge in [-0.1, -0.05) is 29.4 Å². The summed E-state index contributed by atoms with van der Waals surface area (Å²) in [6.07, 6.45) is 2.13. The minimum atomic E-state index is -0.136. The first-order valence-corrected chi connectivity index (χ1v) is 11.8. The van der Waals surface area contributed by atoms with Crippen molar-refractivity contribution in [1.82, 2.24) is 15.4 Å². The van der Waals surface area contributed by atoms with Gasteiger partial charge in [-0.15, -0.1) is 11.8 Å². The molecule has 1 aromatic heterocycles. The van der Waals surface area contributed by atoms with E-state index in [9.17, 15) is 9.59 Å². The van der Waals surface area contributed by atoms with Crippen LogP contribution in [0, 0.1) is 13.8 Å². The van der Waals surface area contributed by atoms with Crippen molar-refractivity contribution >= 4 is 23.6 Å². The van der Waals surface area contributed by atoms with E-state index in [4.69, 9.17) is 4.52 Å². The topological polar surface area (TPSA) is 75.4 Å². The Bertz CT molecular complexity index is 1100. The SMILES string of the molecule is Cc1noc(C)c1CSc1ccccc1C(=O)NCc1cccc(C(=O)N2CCCC2)c1. The van der Waals surface area contributed by atoms with Crippen LogP contribution in [0.25, 0.3) is 0 Å². The van der Waals surface area contributed by atoms with Crippen molar-refractivity contribution in [2.75, 3.05) is 13.1 Å².